The van der Waals surface area contributed by atoms with Crippen LogP contribution in [-0.4, -0.2) is 9.38 Å². The predicted molar refractivity (Wildman–Crippen MR) is 71.7 cm³/mol. The maximum Gasteiger partial charge on any atom is 0.193 e. The van der Waals surface area contributed by atoms with Crippen LogP contribution in [0.1, 0.15) is 11.3 Å². The Morgan fingerprint density at radius 3 is 3.17 bits per heavy atom. The molecule has 0 bridgehead atoms. The van der Waals surface area contributed by atoms with E-state index in [1.807, 2.05) is 46.4 Å². The number of aromatic nitrogens is 2. The number of benzene rings is 1. The fourth-order valence-corrected chi connectivity index (χ4v) is 2.48. The number of rotatable bonds is 4. The Morgan fingerprint density at radius 2 is 2.33 bits per heavy atom. The minimum atomic E-state index is 0.475. The molecule has 1 aromatic carbocycles. The fourth-order valence-electron chi connectivity index (χ4n) is 1.77. The molecule has 0 saturated carbocycles. The number of hydrogen-bond acceptors (Lipinski definition) is 4. The lowest BCUT2D eigenvalue weighted by Crippen LogP contribution is -1.99. The smallest absolute Gasteiger partial charge is 0.193 e. The molecule has 4 nitrogen and oxygen atoms in total. The summed E-state index contributed by atoms with van der Waals surface area (Å²) in [5.41, 5.74) is 7.59. The summed E-state index contributed by atoms with van der Waals surface area (Å²) < 4.78 is 7.71. The van der Waals surface area contributed by atoms with E-state index in [2.05, 4.69) is 4.98 Å². The standard InChI is InChI=1S/C13H13N3OS/c14-7-10-2-1-3-12(6-10)17-9-11-8-16-4-5-18-13(16)15-11/h1-6,8H,7,9,14H2. The third kappa shape index (κ3) is 2.23. The summed E-state index contributed by atoms with van der Waals surface area (Å²) in [5, 5.41) is 2.01. The number of imidazole rings is 1. The van der Waals surface area contributed by atoms with Crippen LogP contribution in [0.25, 0.3) is 4.96 Å². The second-order valence-electron chi connectivity index (χ2n) is 3.97. The predicted octanol–water partition coefficient (Wildman–Crippen LogP) is 2.43. The maximum atomic E-state index is 5.71. The van der Waals surface area contributed by atoms with Gasteiger partial charge in [0.05, 0.1) is 5.69 Å². The van der Waals surface area contributed by atoms with Crippen molar-refractivity contribution < 1.29 is 4.74 Å². The second-order valence-corrected chi connectivity index (χ2v) is 4.84. The van der Waals surface area contributed by atoms with Crippen LogP contribution in [0.2, 0.25) is 0 Å². The van der Waals surface area contributed by atoms with Crippen molar-refractivity contribution >= 4 is 16.3 Å². The molecule has 0 atom stereocenters. The van der Waals surface area contributed by atoms with E-state index in [0.29, 0.717) is 13.2 Å². The zero-order chi connectivity index (χ0) is 12.4. The Morgan fingerprint density at radius 1 is 1.39 bits per heavy atom. The van der Waals surface area contributed by atoms with E-state index in [-0.39, 0.29) is 0 Å². The quantitative estimate of drug-likeness (QED) is 0.783. The molecule has 0 amide bonds. The van der Waals surface area contributed by atoms with Crippen molar-refractivity contribution in [2.24, 2.45) is 5.73 Å². The van der Waals surface area contributed by atoms with Crippen LogP contribution in [0.5, 0.6) is 5.75 Å². The Labute approximate surface area is 109 Å². The highest BCUT2D eigenvalue weighted by atomic mass is 32.1. The van der Waals surface area contributed by atoms with Crippen LogP contribution in [0, 0.1) is 0 Å². The van der Waals surface area contributed by atoms with E-state index in [1.165, 1.54) is 0 Å². The SMILES string of the molecule is NCc1cccc(OCc2cn3ccsc3n2)c1. The highest BCUT2D eigenvalue weighted by molar-refractivity contribution is 7.15. The molecule has 0 aliphatic rings. The lowest BCUT2D eigenvalue weighted by molar-refractivity contribution is 0.302. The molecule has 0 aliphatic heterocycles. The van der Waals surface area contributed by atoms with Gasteiger partial charge in [0.15, 0.2) is 4.96 Å². The Balaban J connectivity index is 1.71. The van der Waals surface area contributed by atoms with Gasteiger partial charge < -0.3 is 10.5 Å². The first-order chi connectivity index (χ1) is 8.85. The van der Waals surface area contributed by atoms with Gasteiger partial charge in [-0.2, -0.15) is 0 Å². The Hall–Kier alpha value is -1.85. The van der Waals surface area contributed by atoms with E-state index in [4.69, 9.17) is 10.5 Å². The molecule has 2 aromatic heterocycles. The number of thiazole rings is 1. The topological polar surface area (TPSA) is 52.5 Å². The molecular formula is C13H13N3OS. The minimum Gasteiger partial charge on any atom is -0.487 e. The first-order valence-corrected chi connectivity index (χ1v) is 6.56. The van der Waals surface area contributed by atoms with Gasteiger partial charge in [0.25, 0.3) is 0 Å². The molecule has 2 N–H and O–H groups in total. The van der Waals surface area contributed by atoms with E-state index < -0.39 is 0 Å². The highest BCUT2D eigenvalue weighted by Gasteiger charge is 2.03. The van der Waals surface area contributed by atoms with Crippen molar-refractivity contribution in [2.75, 3.05) is 0 Å². The van der Waals surface area contributed by atoms with Crippen molar-refractivity contribution in [1.82, 2.24) is 9.38 Å². The normalized spacial score (nSPS) is 10.9. The first kappa shape index (κ1) is 11.3. The summed E-state index contributed by atoms with van der Waals surface area (Å²) in [4.78, 5) is 5.45. The molecule has 0 radical (unpaired) electrons. The average Bonchev–Trinajstić information content (AvgIpc) is 2.97. The Bertz CT molecular complexity index is 630. The molecule has 2 heterocycles. The molecule has 18 heavy (non-hydrogen) atoms. The van der Waals surface area contributed by atoms with E-state index >= 15 is 0 Å². The molecule has 3 rings (SSSR count). The number of hydrogen-bond donors (Lipinski definition) is 1. The van der Waals surface area contributed by atoms with E-state index in [1.54, 1.807) is 11.3 Å². The van der Waals surface area contributed by atoms with Crippen LogP contribution in [0.4, 0.5) is 0 Å². The summed E-state index contributed by atoms with van der Waals surface area (Å²) in [5.74, 6) is 0.828. The van der Waals surface area contributed by atoms with Gasteiger partial charge in [0, 0.05) is 24.3 Å². The number of nitrogens with two attached hydrogens (primary N) is 1. The molecule has 5 heteroatoms. The van der Waals surface area contributed by atoms with Gasteiger partial charge in [-0.05, 0) is 17.7 Å². The van der Waals surface area contributed by atoms with Crippen molar-refractivity contribution in [3.63, 3.8) is 0 Å². The summed E-state index contributed by atoms with van der Waals surface area (Å²) >= 11 is 1.62. The molecule has 3 aromatic rings. The van der Waals surface area contributed by atoms with Gasteiger partial charge >= 0.3 is 0 Å². The molecule has 0 unspecified atom stereocenters. The summed E-state index contributed by atoms with van der Waals surface area (Å²) in [6.07, 6.45) is 3.98. The van der Waals surface area contributed by atoms with Crippen LogP contribution >= 0.6 is 11.3 Å². The third-order valence-electron chi connectivity index (χ3n) is 2.66. The molecular weight excluding hydrogens is 246 g/mol. The van der Waals surface area contributed by atoms with Crippen LogP contribution in [-0.2, 0) is 13.2 Å². The van der Waals surface area contributed by atoms with Crippen molar-refractivity contribution in [2.45, 2.75) is 13.2 Å². The van der Waals surface area contributed by atoms with E-state index in [9.17, 15) is 0 Å². The number of fused-ring (bicyclic) bond motifs is 1. The highest BCUT2D eigenvalue weighted by Crippen LogP contribution is 2.16. The van der Waals surface area contributed by atoms with E-state index in [0.717, 1.165) is 22.0 Å². The van der Waals surface area contributed by atoms with Crippen molar-refractivity contribution in [1.29, 1.82) is 0 Å². The average molecular weight is 259 g/mol. The minimum absolute atomic E-state index is 0.475. The molecule has 0 saturated heterocycles. The Kier molecular flexibility index (Phi) is 3.00. The van der Waals surface area contributed by atoms with Gasteiger partial charge in [0.2, 0.25) is 0 Å². The first-order valence-electron chi connectivity index (χ1n) is 5.68. The molecule has 92 valence electrons. The van der Waals surface area contributed by atoms with Gasteiger partial charge in [-0.25, -0.2) is 4.98 Å². The molecule has 0 spiro atoms. The van der Waals surface area contributed by atoms with Crippen molar-refractivity contribution in [3.05, 3.63) is 53.3 Å². The summed E-state index contributed by atoms with van der Waals surface area (Å²) in [6, 6.07) is 7.82. The van der Waals surface area contributed by atoms with Crippen LogP contribution in [0.15, 0.2) is 42.0 Å². The fraction of sp³-hybridized carbons (Fsp3) is 0.154. The lowest BCUT2D eigenvalue weighted by Gasteiger charge is -2.05. The summed E-state index contributed by atoms with van der Waals surface area (Å²) in [7, 11) is 0. The van der Waals surface area contributed by atoms with Gasteiger partial charge in [-0.3, -0.25) is 4.40 Å². The van der Waals surface area contributed by atoms with Gasteiger partial charge in [-0.15, -0.1) is 11.3 Å². The van der Waals surface area contributed by atoms with Crippen LogP contribution in [0.3, 0.4) is 0 Å². The van der Waals surface area contributed by atoms with Gasteiger partial charge in [-0.1, -0.05) is 12.1 Å². The molecule has 0 aliphatic carbocycles. The van der Waals surface area contributed by atoms with Gasteiger partial charge in [0.1, 0.15) is 12.4 Å². The zero-order valence-corrected chi connectivity index (χ0v) is 10.6. The number of ether oxygens (including phenoxy) is 1. The monoisotopic (exact) mass is 259 g/mol. The maximum absolute atomic E-state index is 5.71. The second kappa shape index (κ2) is 4.80. The largest absolute Gasteiger partial charge is 0.487 e. The van der Waals surface area contributed by atoms with Crippen LogP contribution < -0.4 is 10.5 Å². The zero-order valence-electron chi connectivity index (χ0n) is 9.74. The summed E-state index contributed by atoms with van der Waals surface area (Å²) in [6.45, 7) is 1.000. The van der Waals surface area contributed by atoms with Crippen molar-refractivity contribution in [3.8, 4) is 5.75 Å². The molecule has 0 fully saturated rings. The lowest BCUT2D eigenvalue weighted by atomic mass is 10.2. The third-order valence-corrected chi connectivity index (χ3v) is 3.43. The number of nitrogens with zero attached hydrogens (tertiary/aromatic N) is 2.